The molecule has 2 N–H and O–H groups in total. The Morgan fingerprint density at radius 1 is 1.11 bits per heavy atom. The Bertz CT molecular complexity index is 766. The van der Waals surface area contributed by atoms with Crippen LogP contribution in [0.3, 0.4) is 0 Å². The van der Waals surface area contributed by atoms with Crippen molar-refractivity contribution in [3.05, 3.63) is 64.7 Å². The minimum Gasteiger partial charge on any atom is -0.356 e. The molecule has 146 valence electrons. The Labute approximate surface area is 183 Å². The van der Waals surface area contributed by atoms with Gasteiger partial charge in [-0.25, -0.2) is 4.99 Å². The van der Waals surface area contributed by atoms with E-state index in [0.717, 1.165) is 22.8 Å². The Kier molecular flexibility index (Phi) is 10.2. The molecule has 0 unspecified atom stereocenters. The molecule has 0 heterocycles. The van der Waals surface area contributed by atoms with Gasteiger partial charge in [0.05, 0.1) is 6.54 Å². The summed E-state index contributed by atoms with van der Waals surface area (Å²) in [4.78, 5) is 18.6. The van der Waals surface area contributed by atoms with Crippen LogP contribution in [0.2, 0.25) is 5.02 Å². The van der Waals surface area contributed by atoms with Crippen LogP contribution in [-0.2, 0) is 11.3 Å². The quantitative estimate of drug-likeness (QED) is 0.353. The number of rotatable bonds is 6. The molecule has 0 aliphatic rings. The van der Waals surface area contributed by atoms with Gasteiger partial charge in [-0.15, -0.1) is 24.0 Å². The molecular formula is C20H26ClIN4O. The fraction of sp³-hybridized carbons (Fsp3) is 0.300. The lowest BCUT2D eigenvalue weighted by Gasteiger charge is -2.17. The number of benzene rings is 2. The first kappa shape index (κ1) is 23.2. The zero-order valence-electron chi connectivity index (χ0n) is 15.8. The molecule has 0 fully saturated rings. The summed E-state index contributed by atoms with van der Waals surface area (Å²) in [7, 11) is 3.85. The Balaban J connectivity index is 0.00000364. The Hall–Kier alpha value is -1.80. The summed E-state index contributed by atoms with van der Waals surface area (Å²) >= 11 is 6.08. The lowest BCUT2D eigenvalue weighted by Crippen LogP contribution is -2.38. The molecule has 0 aliphatic heterocycles. The summed E-state index contributed by atoms with van der Waals surface area (Å²) in [5.41, 5.74) is 2.75. The number of anilines is 1. The molecule has 2 aromatic carbocycles. The lowest BCUT2D eigenvalue weighted by molar-refractivity contribution is -0.116. The third-order valence-electron chi connectivity index (χ3n) is 3.85. The maximum atomic E-state index is 12.2. The van der Waals surface area contributed by atoms with Gasteiger partial charge in [0.2, 0.25) is 5.91 Å². The fourth-order valence-corrected chi connectivity index (χ4v) is 2.52. The van der Waals surface area contributed by atoms with E-state index in [-0.39, 0.29) is 29.9 Å². The van der Waals surface area contributed by atoms with Gasteiger partial charge in [-0.1, -0.05) is 48.0 Å². The van der Waals surface area contributed by atoms with Gasteiger partial charge in [-0.2, -0.15) is 0 Å². The summed E-state index contributed by atoms with van der Waals surface area (Å²) in [6.45, 7) is 2.98. The topological polar surface area (TPSA) is 56.7 Å². The van der Waals surface area contributed by atoms with E-state index >= 15 is 0 Å². The highest BCUT2D eigenvalue weighted by atomic mass is 127. The molecule has 0 spiro atoms. The van der Waals surface area contributed by atoms with E-state index in [1.807, 2.05) is 68.4 Å². The highest BCUT2D eigenvalue weighted by Crippen LogP contribution is 2.22. The standard InChI is InChI=1S/C20H25ClN4O.HI/c1-15-17(21)10-7-11-18(15)24-19(26)12-13-22-20(25(2)3)23-14-16-8-5-4-6-9-16;/h4-11H,12-14H2,1-3H3,(H,22,23)(H,24,26);1H. The van der Waals surface area contributed by atoms with Crippen LogP contribution in [0.4, 0.5) is 5.69 Å². The van der Waals surface area contributed by atoms with Gasteiger partial charge in [-0.3, -0.25) is 4.79 Å². The molecule has 0 aliphatic carbocycles. The summed E-state index contributed by atoms with van der Waals surface area (Å²) in [5.74, 6) is 0.685. The second-order valence-corrected chi connectivity index (χ2v) is 6.56. The van der Waals surface area contributed by atoms with Crippen LogP contribution < -0.4 is 10.6 Å². The van der Waals surface area contributed by atoms with Crippen LogP contribution in [0.25, 0.3) is 0 Å². The molecular weight excluding hydrogens is 475 g/mol. The Morgan fingerprint density at radius 3 is 2.48 bits per heavy atom. The van der Waals surface area contributed by atoms with Crippen LogP contribution in [0, 0.1) is 6.92 Å². The van der Waals surface area contributed by atoms with Crippen molar-refractivity contribution < 1.29 is 4.79 Å². The maximum Gasteiger partial charge on any atom is 0.226 e. The normalized spacial score (nSPS) is 10.7. The first-order valence-corrected chi connectivity index (χ1v) is 8.89. The molecule has 2 rings (SSSR count). The minimum atomic E-state index is -0.0657. The highest BCUT2D eigenvalue weighted by Gasteiger charge is 2.08. The SMILES string of the molecule is Cc1c(Cl)cccc1NC(=O)CCNC(=NCc1ccccc1)N(C)C.I. The van der Waals surface area contributed by atoms with E-state index in [1.54, 1.807) is 6.07 Å². The highest BCUT2D eigenvalue weighted by molar-refractivity contribution is 14.0. The van der Waals surface area contributed by atoms with Crippen molar-refractivity contribution in [3.63, 3.8) is 0 Å². The van der Waals surface area contributed by atoms with E-state index < -0.39 is 0 Å². The molecule has 0 radical (unpaired) electrons. The number of amides is 1. The van der Waals surface area contributed by atoms with Crippen molar-refractivity contribution in [3.8, 4) is 0 Å². The number of nitrogens with zero attached hydrogens (tertiary/aromatic N) is 2. The number of hydrogen-bond acceptors (Lipinski definition) is 2. The summed E-state index contributed by atoms with van der Waals surface area (Å²) in [6, 6.07) is 15.5. The van der Waals surface area contributed by atoms with E-state index in [9.17, 15) is 4.79 Å². The van der Waals surface area contributed by atoms with Gasteiger partial charge >= 0.3 is 0 Å². The largest absolute Gasteiger partial charge is 0.356 e. The number of aliphatic imine (C=N–C) groups is 1. The van der Waals surface area contributed by atoms with Gasteiger partial charge in [0.1, 0.15) is 0 Å². The summed E-state index contributed by atoms with van der Waals surface area (Å²) in [5, 5.41) is 6.76. The van der Waals surface area contributed by atoms with Gasteiger partial charge < -0.3 is 15.5 Å². The summed E-state index contributed by atoms with van der Waals surface area (Å²) in [6.07, 6.45) is 0.337. The minimum absolute atomic E-state index is 0. The average Bonchev–Trinajstić information content (AvgIpc) is 2.62. The lowest BCUT2D eigenvalue weighted by atomic mass is 10.2. The predicted octanol–water partition coefficient (Wildman–Crippen LogP) is 4.30. The van der Waals surface area contributed by atoms with Crippen LogP contribution in [-0.4, -0.2) is 37.4 Å². The van der Waals surface area contributed by atoms with Crippen molar-refractivity contribution in [1.82, 2.24) is 10.2 Å². The molecule has 0 aromatic heterocycles. The fourth-order valence-electron chi connectivity index (χ4n) is 2.35. The van der Waals surface area contributed by atoms with E-state index in [0.29, 0.717) is 24.5 Å². The first-order chi connectivity index (χ1) is 12.5. The molecule has 0 bridgehead atoms. The number of nitrogens with one attached hydrogen (secondary N) is 2. The average molecular weight is 501 g/mol. The van der Waals surface area contributed by atoms with Crippen molar-refractivity contribution >= 4 is 53.1 Å². The van der Waals surface area contributed by atoms with E-state index in [1.165, 1.54) is 0 Å². The number of carbonyl (C=O) groups excluding carboxylic acids is 1. The van der Waals surface area contributed by atoms with Crippen molar-refractivity contribution in [1.29, 1.82) is 0 Å². The van der Waals surface area contributed by atoms with Crippen LogP contribution in [0.5, 0.6) is 0 Å². The van der Waals surface area contributed by atoms with Crippen molar-refractivity contribution in [2.45, 2.75) is 19.9 Å². The van der Waals surface area contributed by atoms with E-state index in [4.69, 9.17) is 11.6 Å². The molecule has 5 nitrogen and oxygen atoms in total. The maximum absolute atomic E-state index is 12.2. The monoisotopic (exact) mass is 500 g/mol. The van der Waals surface area contributed by atoms with Crippen LogP contribution in [0.1, 0.15) is 17.5 Å². The third kappa shape index (κ3) is 7.76. The second kappa shape index (κ2) is 11.8. The van der Waals surface area contributed by atoms with Crippen LogP contribution in [0.15, 0.2) is 53.5 Å². The molecule has 27 heavy (non-hydrogen) atoms. The van der Waals surface area contributed by atoms with Crippen molar-refractivity contribution in [2.75, 3.05) is 26.0 Å². The molecule has 2 aromatic rings. The Morgan fingerprint density at radius 2 is 1.81 bits per heavy atom. The third-order valence-corrected chi connectivity index (χ3v) is 4.26. The van der Waals surface area contributed by atoms with Gasteiger partial charge in [-0.05, 0) is 30.2 Å². The second-order valence-electron chi connectivity index (χ2n) is 6.16. The molecule has 0 saturated heterocycles. The van der Waals surface area contributed by atoms with Gasteiger partial charge in [0.15, 0.2) is 5.96 Å². The zero-order valence-corrected chi connectivity index (χ0v) is 18.9. The van der Waals surface area contributed by atoms with Gasteiger partial charge in [0, 0.05) is 37.8 Å². The predicted molar refractivity (Wildman–Crippen MR) is 124 cm³/mol. The molecule has 0 atom stereocenters. The number of carbonyl (C=O) groups is 1. The number of guanidine groups is 1. The molecule has 7 heteroatoms. The molecule has 1 amide bonds. The number of hydrogen-bond donors (Lipinski definition) is 2. The van der Waals surface area contributed by atoms with Crippen LogP contribution >= 0.6 is 35.6 Å². The first-order valence-electron chi connectivity index (χ1n) is 8.52. The smallest absolute Gasteiger partial charge is 0.226 e. The molecule has 0 saturated carbocycles. The zero-order chi connectivity index (χ0) is 18.9. The van der Waals surface area contributed by atoms with E-state index in [2.05, 4.69) is 15.6 Å². The van der Waals surface area contributed by atoms with Crippen molar-refractivity contribution in [2.24, 2.45) is 4.99 Å². The number of halogens is 2. The summed E-state index contributed by atoms with van der Waals surface area (Å²) < 4.78 is 0. The van der Waals surface area contributed by atoms with Gasteiger partial charge in [0.25, 0.3) is 0 Å².